The maximum absolute atomic E-state index is 12.8. The van der Waals surface area contributed by atoms with Crippen LogP contribution in [0.1, 0.15) is 5.82 Å². The molecule has 106 valence electrons. The Morgan fingerprint density at radius 1 is 1.10 bits per heavy atom. The molecule has 8 heteroatoms. The quantitative estimate of drug-likeness (QED) is 0.691. The minimum atomic E-state index is -4.62. The van der Waals surface area contributed by atoms with Gasteiger partial charge in [-0.3, -0.25) is 0 Å². The van der Waals surface area contributed by atoms with Crippen LogP contribution in [0, 0.1) is 5.82 Å². The third kappa shape index (κ3) is 3.60. The molecular weight excluding hydrogens is 294 g/mol. The highest BCUT2D eigenvalue weighted by Gasteiger charge is 2.35. The number of nitrogens with one attached hydrogen (secondary N) is 1. The summed E-state index contributed by atoms with van der Waals surface area (Å²) >= 11 is 0.998. The van der Waals surface area contributed by atoms with E-state index in [1.165, 1.54) is 37.4 Å². The van der Waals surface area contributed by atoms with Crippen LogP contribution in [0.25, 0.3) is 0 Å². The van der Waals surface area contributed by atoms with Crippen LogP contribution < -0.4 is 5.32 Å². The lowest BCUT2D eigenvalue weighted by Gasteiger charge is -2.09. The first-order valence-corrected chi connectivity index (χ1v) is 6.27. The number of halogens is 4. The first-order valence-electron chi connectivity index (χ1n) is 5.46. The first kappa shape index (κ1) is 14.6. The maximum atomic E-state index is 12.8. The van der Waals surface area contributed by atoms with Crippen LogP contribution in [-0.2, 0) is 6.18 Å². The van der Waals surface area contributed by atoms with Gasteiger partial charge in [-0.15, -0.1) is 0 Å². The van der Waals surface area contributed by atoms with Crippen molar-refractivity contribution < 1.29 is 17.6 Å². The van der Waals surface area contributed by atoms with Crippen molar-refractivity contribution in [1.82, 2.24) is 9.97 Å². The van der Waals surface area contributed by atoms with E-state index in [9.17, 15) is 17.6 Å². The third-order valence-corrected chi connectivity index (χ3v) is 3.17. The van der Waals surface area contributed by atoms with Crippen LogP contribution in [0.3, 0.4) is 0 Å². The largest absolute Gasteiger partial charge is 0.451 e. The lowest BCUT2D eigenvalue weighted by molar-refractivity contribution is -0.145. The minimum absolute atomic E-state index is 0.0666. The molecule has 1 N–H and O–H groups in total. The van der Waals surface area contributed by atoms with E-state index in [4.69, 9.17) is 0 Å². The van der Waals surface area contributed by atoms with Crippen LogP contribution in [0.15, 0.2) is 40.3 Å². The molecule has 1 aromatic carbocycles. The average Bonchev–Trinajstić information content (AvgIpc) is 2.40. The van der Waals surface area contributed by atoms with Gasteiger partial charge in [0.05, 0.1) is 0 Å². The van der Waals surface area contributed by atoms with Gasteiger partial charge in [0.15, 0.2) is 0 Å². The number of aromatic nitrogens is 2. The van der Waals surface area contributed by atoms with Crippen molar-refractivity contribution >= 4 is 17.6 Å². The zero-order valence-electron chi connectivity index (χ0n) is 10.2. The number of hydrogen-bond donors (Lipinski definition) is 1. The van der Waals surface area contributed by atoms with Crippen molar-refractivity contribution in [2.24, 2.45) is 0 Å². The smallest absolute Gasteiger partial charge is 0.373 e. The van der Waals surface area contributed by atoms with Crippen LogP contribution in [0.5, 0.6) is 0 Å². The second-order valence-electron chi connectivity index (χ2n) is 3.72. The molecule has 0 spiro atoms. The number of alkyl halides is 3. The second-order valence-corrected chi connectivity index (χ2v) is 4.81. The molecule has 0 fully saturated rings. The Kier molecular flexibility index (Phi) is 4.12. The van der Waals surface area contributed by atoms with Gasteiger partial charge in [-0.1, -0.05) is 11.8 Å². The van der Waals surface area contributed by atoms with Crippen molar-refractivity contribution in [1.29, 1.82) is 0 Å². The highest BCUT2D eigenvalue weighted by atomic mass is 32.2. The molecule has 0 bridgehead atoms. The summed E-state index contributed by atoms with van der Waals surface area (Å²) in [6, 6.07) is 6.78. The Hall–Kier alpha value is -1.83. The van der Waals surface area contributed by atoms with E-state index in [0.29, 0.717) is 4.90 Å². The van der Waals surface area contributed by atoms with E-state index >= 15 is 0 Å². The molecule has 1 aromatic heterocycles. The highest BCUT2D eigenvalue weighted by Crippen LogP contribution is 2.32. The van der Waals surface area contributed by atoms with Crippen LogP contribution in [-0.4, -0.2) is 17.0 Å². The average molecular weight is 303 g/mol. The molecule has 0 aliphatic carbocycles. The Labute approximate surface area is 116 Å². The fourth-order valence-electron chi connectivity index (χ4n) is 1.36. The van der Waals surface area contributed by atoms with E-state index < -0.39 is 17.8 Å². The Morgan fingerprint density at radius 2 is 1.75 bits per heavy atom. The Morgan fingerprint density at radius 3 is 2.30 bits per heavy atom. The fourth-order valence-corrected chi connectivity index (χ4v) is 2.17. The number of benzene rings is 1. The molecule has 0 unspecified atom stereocenters. The standard InChI is InChI=1S/C12H9F4N3S/c1-17-9-6-10(19-11(18-9)12(14,15)16)20-8-4-2-7(13)3-5-8/h2-6H,1H3,(H,17,18,19). The predicted octanol–water partition coefficient (Wildman–Crippen LogP) is 3.83. The molecule has 2 rings (SSSR count). The molecule has 0 amide bonds. The van der Waals surface area contributed by atoms with Gasteiger partial charge in [-0.05, 0) is 24.3 Å². The number of hydrogen-bond acceptors (Lipinski definition) is 4. The molecule has 0 aliphatic rings. The summed E-state index contributed by atoms with van der Waals surface area (Å²) in [4.78, 5) is 7.41. The van der Waals surface area contributed by atoms with Gasteiger partial charge in [0.25, 0.3) is 0 Å². The number of rotatable bonds is 3. The summed E-state index contributed by atoms with van der Waals surface area (Å²) in [5.41, 5.74) is 0. The summed E-state index contributed by atoms with van der Waals surface area (Å²) in [7, 11) is 1.47. The van der Waals surface area contributed by atoms with Crippen LogP contribution in [0.4, 0.5) is 23.4 Å². The number of nitrogens with zero attached hydrogens (tertiary/aromatic N) is 2. The predicted molar refractivity (Wildman–Crippen MR) is 67.1 cm³/mol. The second kappa shape index (κ2) is 5.66. The Bertz CT molecular complexity index is 599. The van der Waals surface area contributed by atoms with Crippen molar-refractivity contribution in [3.63, 3.8) is 0 Å². The molecule has 0 saturated heterocycles. The van der Waals surface area contributed by atoms with Crippen molar-refractivity contribution in [3.8, 4) is 0 Å². The van der Waals surface area contributed by atoms with E-state index in [2.05, 4.69) is 15.3 Å². The van der Waals surface area contributed by atoms with Gasteiger partial charge in [0, 0.05) is 18.0 Å². The summed E-state index contributed by atoms with van der Waals surface area (Å²) in [5.74, 6) is -1.56. The molecule has 0 atom stereocenters. The zero-order valence-corrected chi connectivity index (χ0v) is 11.0. The van der Waals surface area contributed by atoms with E-state index in [1.807, 2.05) is 0 Å². The summed E-state index contributed by atoms with van der Waals surface area (Å²) in [6.07, 6.45) is -4.62. The Balaban J connectivity index is 2.33. The fraction of sp³-hybridized carbons (Fsp3) is 0.167. The van der Waals surface area contributed by atoms with Gasteiger partial charge in [-0.2, -0.15) is 13.2 Å². The molecular formula is C12H9F4N3S. The van der Waals surface area contributed by atoms with Gasteiger partial charge < -0.3 is 5.32 Å². The monoisotopic (exact) mass is 303 g/mol. The van der Waals surface area contributed by atoms with Crippen LogP contribution >= 0.6 is 11.8 Å². The molecule has 1 heterocycles. The highest BCUT2D eigenvalue weighted by molar-refractivity contribution is 7.99. The van der Waals surface area contributed by atoms with Gasteiger partial charge in [-0.25, -0.2) is 14.4 Å². The van der Waals surface area contributed by atoms with E-state index in [0.717, 1.165) is 11.8 Å². The molecule has 0 aliphatic heterocycles. The van der Waals surface area contributed by atoms with Gasteiger partial charge in [0.2, 0.25) is 5.82 Å². The van der Waals surface area contributed by atoms with E-state index in [1.54, 1.807) is 0 Å². The molecule has 2 aromatic rings. The lowest BCUT2D eigenvalue weighted by Crippen LogP contribution is -2.12. The van der Waals surface area contributed by atoms with Crippen LogP contribution in [0.2, 0.25) is 0 Å². The number of anilines is 1. The molecule has 0 radical (unpaired) electrons. The maximum Gasteiger partial charge on any atom is 0.451 e. The van der Waals surface area contributed by atoms with Gasteiger partial charge >= 0.3 is 6.18 Å². The zero-order chi connectivity index (χ0) is 14.8. The first-order chi connectivity index (χ1) is 9.38. The van der Waals surface area contributed by atoms with Gasteiger partial charge in [0.1, 0.15) is 16.7 Å². The van der Waals surface area contributed by atoms with Crippen molar-refractivity contribution in [3.05, 3.63) is 42.0 Å². The topological polar surface area (TPSA) is 37.8 Å². The third-order valence-electron chi connectivity index (χ3n) is 2.25. The van der Waals surface area contributed by atoms with Crippen molar-refractivity contribution in [2.75, 3.05) is 12.4 Å². The minimum Gasteiger partial charge on any atom is -0.373 e. The molecule has 3 nitrogen and oxygen atoms in total. The normalized spacial score (nSPS) is 11.4. The lowest BCUT2D eigenvalue weighted by atomic mass is 10.4. The summed E-state index contributed by atoms with van der Waals surface area (Å²) in [6.45, 7) is 0. The summed E-state index contributed by atoms with van der Waals surface area (Å²) in [5, 5.41) is 2.68. The SMILES string of the molecule is CNc1cc(Sc2ccc(F)cc2)nc(C(F)(F)F)n1. The molecule has 0 saturated carbocycles. The van der Waals surface area contributed by atoms with E-state index in [-0.39, 0.29) is 10.8 Å². The van der Waals surface area contributed by atoms with Crippen molar-refractivity contribution in [2.45, 2.75) is 16.1 Å². The summed E-state index contributed by atoms with van der Waals surface area (Å²) < 4.78 is 50.8. The molecule has 20 heavy (non-hydrogen) atoms.